The normalized spacial score (nSPS) is 14.5. The highest BCUT2D eigenvalue weighted by Gasteiger charge is 2.32. The van der Waals surface area contributed by atoms with E-state index in [2.05, 4.69) is 20.5 Å². The fourth-order valence-corrected chi connectivity index (χ4v) is 5.13. The molecule has 0 atom stereocenters. The fourth-order valence-electron chi connectivity index (χ4n) is 5.13. The standard InChI is InChI=1S/C32H33F4N5O3/c33-31-25-19-23(8-10-27(25)39-40-31)30(26(20-32(34,35)36)22-5-2-1-3-6-22)24-9-11-28(38-21-24)44-16-13-37-12-4-7-29(42)41-14-17-43-18-15-41/h1-3,5-6,8-11,19,21,37H,4,7,12-18,20H2,(H,39,40)/b30-26-. The van der Waals surface area contributed by atoms with E-state index < -0.39 is 18.5 Å². The summed E-state index contributed by atoms with van der Waals surface area (Å²) in [6.07, 6.45) is -3.06. The smallest absolute Gasteiger partial charge is 0.393 e. The highest BCUT2D eigenvalue weighted by molar-refractivity contribution is 6.00. The second-order valence-electron chi connectivity index (χ2n) is 10.4. The zero-order chi connectivity index (χ0) is 30.9. The summed E-state index contributed by atoms with van der Waals surface area (Å²) in [6.45, 7) is 3.93. The van der Waals surface area contributed by atoms with Crippen LogP contribution >= 0.6 is 0 Å². The molecule has 2 N–H and O–H groups in total. The van der Waals surface area contributed by atoms with Crippen molar-refractivity contribution in [3.63, 3.8) is 0 Å². The third-order valence-corrected chi connectivity index (χ3v) is 7.26. The van der Waals surface area contributed by atoms with E-state index in [9.17, 15) is 22.4 Å². The van der Waals surface area contributed by atoms with Gasteiger partial charge in [-0.05, 0) is 53.4 Å². The van der Waals surface area contributed by atoms with Gasteiger partial charge in [0.2, 0.25) is 17.7 Å². The molecule has 1 aliphatic heterocycles. The van der Waals surface area contributed by atoms with Gasteiger partial charge >= 0.3 is 6.18 Å². The van der Waals surface area contributed by atoms with E-state index in [1.165, 1.54) is 12.3 Å². The maximum absolute atomic E-state index is 14.4. The maximum atomic E-state index is 14.4. The lowest BCUT2D eigenvalue weighted by Gasteiger charge is -2.26. The largest absolute Gasteiger partial charge is 0.476 e. The summed E-state index contributed by atoms with van der Waals surface area (Å²) in [5.41, 5.74) is 1.89. The first-order chi connectivity index (χ1) is 21.3. The number of carbonyl (C=O) groups is 1. The van der Waals surface area contributed by atoms with Crippen LogP contribution in [0.3, 0.4) is 0 Å². The van der Waals surface area contributed by atoms with Crippen LogP contribution in [-0.2, 0) is 9.53 Å². The van der Waals surface area contributed by atoms with Crippen LogP contribution in [0.15, 0.2) is 66.9 Å². The zero-order valence-corrected chi connectivity index (χ0v) is 24.0. The molecule has 232 valence electrons. The molecule has 12 heteroatoms. The molecule has 0 unspecified atom stereocenters. The van der Waals surface area contributed by atoms with Crippen molar-refractivity contribution in [3.8, 4) is 5.88 Å². The Bertz CT molecular complexity index is 1570. The van der Waals surface area contributed by atoms with E-state index in [0.29, 0.717) is 86.9 Å². The molecule has 3 heterocycles. The number of aromatic amines is 1. The summed E-state index contributed by atoms with van der Waals surface area (Å²) in [7, 11) is 0. The van der Waals surface area contributed by atoms with Crippen LogP contribution in [-0.4, -0.2) is 78.2 Å². The van der Waals surface area contributed by atoms with Crippen LogP contribution in [0.25, 0.3) is 22.0 Å². The third kappa shape index (κ3) is 8.20. The lowest BCUT2D eigenvalue weighted by atomic mass is 9.88. The molecule has 1 aliphatic rings. The van der Waals surface area contributed by atoms with E-state index >= 15 is 0 Å². The molecule has 0 aliphatic carbocycles. The number of fused-ring (bicyclic) bond motifs is 1. The lowest BCUT2D eigenvalue weighted by molar-refractivity contribution is -0.135. The highest BCUT2D eigenvalue weighted by Crippen LogP contribution is 2.40. The zero-order valence-electron chi connectivity index (χ0n) is 24.0. The molecule has 44 heavy (non-hydrogen) atoms. The van der Waals surface area contributed by atoms with Gasteiger partial charge in [0.1, 0.15) is 6.61 Å². The Hall–Kier alpha value is -4.29. The molecule has 5 rings (SSSR count). The number of ether oxygens (including phenoxy) is 2. The number of morpholine rings is 1. The third-order valence-electron chi connectivity index (χ3n) is 7.26. The van der Waals surface area contributed by atoms with Gasteiger partial charge in [-0.15, -0.1) is 0 Å². The summed E-state index contributed by atoms with van der Waals surface area (Å²) in [6, 6.07) is 16.3. The van der Waals surface area contributed by atoms with E-state index in [-0.39, 0.29) is 22.4 Å². The number of pyridine rings is 1. The summed E-state index contributed by atoms with van der Waals surface area (Å²) in [5, 5.41) is 9.58. The number of carbonyl (C=O) groups excluding carboxylic acids is 1. The van der Waals surface area contributed by atoms with Crippen LogP contribution in [0, 0.1) is 5.95 Å². The number of alkyl halides is 3. The number of amides is 1. The number of halogens is 4. The number of allylic oxidation sites excluding steroid dienone is 1. The van der Waals surface area contributed by atoms with Gasteiger partial charge in [0, 0.05) is 43.9 Å². The molecule has 1 amide bonds. The van der Waals surface area contributed by atoms with Gasteiger partial charge in [-0.3, -0.25) is 9.89 Å². The summed E-state index contributed by atoms with van der Waals surface area (Å²) < 4.78 is 67.2. The molecule has 2 aromatic carbocycles. The van der Waals surface area contributed by atoms with E-state index in [0.717, 1.165) is 0 Å². The highest BCUT2D eigenvalue weighted by atomic mass is 19.4. The summed E-state index contributed by atoms with van der Waals surface area (Å²) in [5.74, 6) is -0.229. The van der Waals surface area contributed by atoms with Gasteiger partial charge in [-0.2, -0.15) is 22.7 Å². The minimum atomic E-state index is -4.50. The van der Waals surface area contributed by atoms with Crippen LogP contribution in [0.5, 0.6) is 5.88 Å². The first-order valence-electron chi connectivity index (χ1n) is 14.4. The van der Waals surface area contributed by atoms with Gasteiger partial charge in [0.25, 0.3) is 0 Å². The number of rotatable bonds is 12. The topological polar surface area (TPSA) is 92.4 Å². The Morgan fingerprint density at radius 3 is 2.50 bits per heavy atom. The molecule has 0 spiro atoms. The monoisotopic (exact) mass is 611 g/mol. The number of hydrogen-bond donors (Lipinski definition) is 2. The first kappa shape index (κ1) is 31.1. The predicted molar refractivity (Wildman–Crippen MR) is 158 cm³/mol. The number of benzene rings is 2. The Kier molecular flexibility index (Phi) is 10.2. The number of nitrogens with zero attached hydrogens (tertiary/aromatic N) is 3. The number of nitrogens with one attached hydrogen (secondary N) is 2. The molecule has 2 aromatic heterocycles. The number of aromatic nitrogens is 3. The Morgan fingerprint density at radius 2 is 1.77 bits per heavy atom. The fraction of sp³-hybridized carbons (Fsp3) is 0.344. The second kappa shape index (κ2) is 14.5. The Morgan fingerprint density at radius 1 is 1.00 bits per heavy atom. The quantitative estimate of drug-likeness (QED) is 0.123. The van der Waals surface area contributed by atoms with Crippen molar-refractivity contribution in [2.24, 2.45) is 0 Å². The summed E-state index contributed by atoms with van der Waals surface area (Å²) in [4.78, 5) is 18.4. The Balaban J connectivity index is 1.29. The van der Waals surface area contributed by atoms with Crippen molar-refractivity contribution in [2.45, 2.75) is 25.4 Å². The molecule has 0 saturated carbocycles. The van der Waals surface area contributed by atoms with Crippen molar-refractivity contribution >= 4 is 28.0 Å². The average Bonchev–Trinajstić information content (AvgIpc) is 3.41. The van der Waals surface area contributed by atoms with Gasteiger partial charge in [-0.25, -0.2) is 4.98 Å². The van der Waals surface area contributed by atoms with Crippen LogP contribution in [0.1, 0.15) is 36.0 Å². The van der Waals surface area contributed by atoms with Crippen molar-refractivity contribution in [3.05, 3.63) is 89.5 Å². The molecule has 0 radical (unpaired) electrons. The first-order valence-corrected chi connectivity index (χ1v) is 14.4. The van der Waals surface area contributed by atoms with Crippen LogP contribution in [0.2, 0.25) is 0 Å². The molecular formula is C32H33F4N5O3. The Labute approximate surface area is 252 Å². The van der Waals surface area contributed by atoms with Crippen molar-refractivity contribution in [1.82, 2.24) is 25.4 Å². The maximum Gasteiger partial charge on any atom is 0.393 e. The predicted octanol–water partition coefficient (Wildman–Crippen LogP) is 5.62. The molecule has 1 saturated heterocycles. The molecule has 4 aromatic rings. The van der Waals surface area contributed by atoms with Crippen LogP contribution < -0.4 is 10.1 Å². The van der Waals surface area contributed by atoms with E-state index in [1.807, 2.05) is 4.90 Å². The molecule has 8 nitrogen and oxygen atoms in total. The minimum Gasteiger partial charge on any atom is -0.476 e. The minimum absolute atomic E-state index is 0.0353. The van der Waals surface area contributed by atoms with Crippen molar-refractivity contribution in [1.29, 1.82) is 0 Å². The lowest BCUT2D eigenvalue weighted by Crippen LogP contribution is -2.40. The van der Waals surface area contributed by atoms with Gasteiger partial charge in [-0.1, -0.05) is 36.4 Å². The summed E-state index contributed by atoms with van der Waals surface area (Å²) >= 11 is 0. The molecular weight excluding hydrogens is 578 g/mol. The molecule has 1 fully saturated rings. The average molecular weight is 612 g/mol. The SMILES string of the molecule is O=C(CCCNCCOc1ccc(/C(=C(/CC(F)(F)F)c2ccccc2)c2ccc3n[nH]c(F)c3c2)cn1)N1CCOCC1. The van der Waals surface area contributed by atoms with E-state index in [1.54, 1.807) is 54.6 Å². The van der Waals surface area contributed by atoms with Gasteiger partial charge in [0.15, 0.2) is 0 Å². The van der Waals surface area contributed by atoms with Crippen molar-refractivity contribution in [2.75, 3.05) is 46.0 Å². The van der Waals surface area contributed by atoms with Crippen molar-refractivity contribution < 1.29 is 31.8 Å². The van der Waals surface area contributed by atoms with Crippen LogP contribution in [0.4, 0.5) is 17.6 Å². The second-order valence-corrected chi connectivity index (χ2v) is 10.4. The molecule has 0 bridgehead atoms. The van der Waals surface area contributed by atoms with Gasteiger partial charge in [0.05, 0.1) is 30.5 Å². The van der Waals surface area contributed by atoms with E-state index in [4.69, 9.17) is 9.47 Å². The number of hydrogen-bond acceptors (Lipinski definition) is 6. The van der Waals surface area contributed by atoms with Gasteiger partial charge < -0.3 is 19.7 Å². The number of H-pyrrole nitrogens is 1.